The van der Waals surface area contributed by atoms with Gasteiger partial charge in [0.1, 0.15) is 0 Å². The smallest absolute Gasteiger partial charge is 0.261 e. The zero-order valence-electron chi connectivity index (χ0n) is 17.0. The van der Waals surface area contributed by atoms with Crippen molar-refractivity contribution in [3.05, 3.63) is 70.2 Å². The molecule has 160 valence electrons. The van der Waals surface area contributed by atoms with Crippen molar-refractivity contribution in [3.63, 3.8) is 0 Å². The molecule has 0 fully saturated rings. The van der Waals surface area contributed by atoms with Gasteiger partial charge in [-0.15, -0.1) is 24.0 Å². The molecule has 1 aliphatic heterocycles. The lowest BCUT2D eigenvalue weighted by atomic mass is 10.1. The maximum atomic E-state index is 12.4. The van der Waals surface area contributed by atoms with Gasteiger partial charge in [0.05, 0.1) is 17.2 Å². The summed E-state index contributed by atoms with van der Waals surface area (Å²) >= 11 is 6.25. The highest BCUT2D eigenvalue weighted by molar-refractivity contribution is 14.0. The van der Waals surface area contributed by atoms with Gasteiger partial charge in [-0.2, -0.15) is 0 Å². The third-order valence-corrected chi connectivity index (χ3v) is 5.27. The lowest BCUT2D eigenvalue weighted by molar-refractivity contribution is 0.0652. The van der Waals surface area contributed by atoms with Crippen LogP contribution in [0, 0.1) is 0 Å². The molecule has 1 heterocycles. The van der Waals surface area contributed by atoms with E-state index in [1.807, 2.05) is 31.2 Å². The number of rotatable bonds is 7. The average Bonchev–Trinajstić information content (AvgIpc) is 2.97. The molecule has 0 radical (unpaired) electrons. The number of nitrogens with one attached hydrogen (secondary N) is 2. The highest BCUT2D eigenvalue weighted by Crippen LogP contribution is 2.23. The van der Waals surface area contributed by atoms with Gasteiger partial charge in [-0.05, 0) is 43.5 Å². The van der Waals surface area contributed by atoms with Crippen molar-refractivity contribution < 1.29 is 9.59 Å². The molecular weight excluding hydrogens is 515 g/mol. The molecule has 0 saturated carbocycles. The van der Waals surface area contributed by atoms with Gasteiger partial charge >= 0.3 is 0 Å². The number of carbonyl (C=O) groups is 2. The Morgan fingerprint density at radius 1 is 1.03 bits per heavy atom. The van der Waals surface area contributed by atoms with Gasteiger partial charge in [-0.25, -0.2) is 0 Å². The van der Waals surface area contributed by atoms with Gasteiger partial charge in [0.25, 0.3) is 11.8 Å². The van der Waals surface area contributed by atoms with E-state index in [0.717, 1.165) is 18.4 Å². The Morgan fingerprint density at radius 3 is 2.23 bits per heavy atom. The molecular formula is C22H26ClIN4O2. The minimum Gasteiger partial charge on any atom is -0.356 e. The van der Waals surface area contributed by atoms with E-state index in [9.17, 15) is 9.59 Å². The monoisotopic (exact) mass is 540 g/mol. The summed E-state index contributed by atoms with van der Waals surface area (Å²) in [5.41, 5.74) is 1.99. The molecule has 30 heavy (non-hydrogen) atoms. The summed E-state index contributed by atoms with van der Waals surface area (Å²) in [7, 11) is 1.72. The maximum Gasteiger partial charge on any atom is 0.261 e. The minimum absolute atomic E-state index is 0. The second-order valence-corrected chi connectivity index (χ2v) is 7.31. The number of nitrogens with zero attached hydrogens (tertiary/aromatic N) is 2. The third-order valence-electron chi connectivity index (χ3n) is 4.93. The Balaban J connectivity index is 0.00000320. The number of amides is 2. The first-order valence-corrected chi connectivity index (χ1v) is 10.1. The van der Waals surface area contributed by atoms with Crippen molar-refractivity contribution in [2.75, 3.05) is 20.1 Å². The standard InChI is InChI=1S/C22H25ClN4O2.HI/c1-15(16-9-5-6-12-19(16)23)26-22(24-2)25-13-7-8-14-27-20(28)17-10-3-4-11-18(17)21(27)29;/h3-6,9-12,15H,7-8,13-14H2,1-2H3,(H2,24,25,26);1H. The van der Waals surface area contributed by atoms with E-state index in [2.05, 4.69) is 15.6 Å². The normalized spacial score (nSPS) is 14.2. The number of halogens is 2. The molecule has 0 saturated heterocycles. The summed E-state index contributed by atoms with van der Waals surface area (Å²) < 4.78 is 0. The van der Waals surface area contributed by atoms with Gasteiger partial charge in [0.2, 0.25) is 0 Å². The minimum atomic E-state index is -0.204. The zero-order chi connectivity index (χ0) is 20.8. The number of fused-ring (bicyclic) bond motifs is 1. The van der Waals surface area contributed by atoms with Crippen LogP contribution < -0.4 is 10.6 Å². The molecule has 3 rings (SSSR count). The highest BCUT2D eigenvalue weighted by atomic mass is 127. The van der Waals surface area contributed by atoms with Crippen molar-refractivity contribution in [2.45, 2.75) is 25.8 Å². The summed E-state index contributed by atoms with van der Waals surface area (Å²) in [6, 6.07) is 14.7. The van der Waals surface area contributed by atoms with E-state index in [1.165, 1.54) is 4.90 Å². The maximum absolute atomic E-state index is 12.4. The summed E-state index contributed by atoms with van der Waals surface area (Å²) in [6.07, 6.45) is 1.52. The van der Waals surface area contributed by atoms with Crippen LogP contribution in [0.5, 0.6) is 0 Å². The molecule has 0 aromatic heterocycles. The molecule has 6 nitrogen and oxygen atoms in total. The van der Waals surface area contributed by atoms with E-state index < -0.39 is 0 Å². The molecule has 2 N–H and O–H groups in total. The Morgan fingerprint density at radius 2 is 1.63 bits per heavy atom. The molecule has 1 aliphatic rings. The molecule has 0 spiro atoms. The highest BCUT2D eigenvalue weighted by Gasteiger charge is 2.34. The Kier molecular flexibility index (Phi) is 9.10. The van der Waals surface area contributed by atoms with Crippen LogP contribution in [0.1, 0.15) is 52.1 Å². The molecule has 2 aromatic rings. The van der Waals surface area contributed by atoms with E-state index >= 15 is 0 Å². The second-order valence-electron chi connectivity index (χ2n) is 6.90. The number of unbranched alkanes of at least 4 members (excludes halogenated alkanes) is 1. The van der Waals surface area contributed by atoms with Crippen molar-refractivity contribution in [2.24, 2.45) is 4.99 Å². The zero-order valence-corrected chi connectivity index (χ0v) is 20.1. The first-order valence-electron chi connectivity index (χ1n) is 9.69. The van der Waals surface area contributed by atoms with Crippen molar-refractivity contribution in [1.29, 1.82) is 0 Å². The predicted molar refractivity (Wildman–Crippen MR) is 131 cm³/mol. The molecule has 0 aliphatic carbocycles. The van der Waals surface area contributed by atoms with Gasteiger partial charge in [-0.3, -0.25) is 19.5 Å². The Hall–Kier alpha value is -2.13. The average molecular weight is 541 g/mol. The van der Waals surface area contributed by atoms with Crippen LogP contribution in [0.4, 0.5) is 0 Å². The lowest BCUT2D eigenvalue weighted by Crippen LogP contribution is -2.39. The van der Waals surface area contributed by atoms with E-state index in [1.54, 1.807) is 31.3 Å². The number of hydrogen-bond acceptors (Lipinski definition) is 3. The molecule has 1 atom stereocenters. The molecule has 1 unspecified atom stereocenters. The quantitative estimate of drug-likeness (QED) is 0.181. The lowest BCUT2D eigenvalue weighted by Gasteiger charge is -2.19. The van der Waals surface area contributed by atoms with Crippen LogP contribution >= 0.6 is 35.6 Å². The fourth-order valence-electron chi connectivity index (χ4n) is 3.35. The number of hydrogen-bond donors (Lipinski definition) is 2. The van der Waals surface area contributed by atoms with Gasteiger partial charge < -0.3 is 10.6 Å². The fraction of sp³-hybridized carbons (Fsp3) is 0.318. The van der Waals surface area contributed by atoms with E-state index in [4.69, 9.17) is 11.6 Å². The van der Waals surface area contributed by atoms with Crippen molar-refractivity contribution in [3.8, 4) is 0 Å². The topological polar surface area (TPSA) is 73.8 Å². The van der Waals surface area contributed by atoms with Gasteiger partial charge in [0.15, 0.2) is 5.96 Å². The van der Waals surface area contributed by atoms with Crippen LogP contribution in [0.3, 0.4) is 0 Å². The van der Waals surface area contributed by atoms with E-state index in [0.29, 0.717) is 35.2 Å². The van der Waals surface area contributed by atoms with Crippen LogP contribution in [-0.4, -0.2) is 42.8 Å². The number of benzene rings is 2. The number of imide groups is 1. The van der Waals surface area contributed by atoms with Crippen LogP contribution in [0.2, 0.25) is 5.02 Å². The second kappa shape index (κ2) is 11.3. The van der Waals surface area contributed by atoms with Crippen LogP contribution in [-0.2, 0) is 0 Å². The predicted octanol–water partition coefficient (Wildman–Crippen LogP) is 4.26. The Labute approximate surface area is 199 Å². The SMILES string of the molecule is CN=C(NCCCCN1C(=O)c2ccccc2C1=O)NC(C)c1ccccc1Cl.I. The molecule has 0 bridgehead atoms. The van der Waals surface area contributed by atoms with Gasteiger partial charge in [-0.1, -0.05) is 41.9 Å². The molecule has 2 aromatic carbocycles. The fourth-order valence-corrected chi connectivity index (χ4v) is 3.65. The summed E-state index contributed by atoms with van der Waals surface area (Å²) in [5.74, 6) is 0.271. The largest absolute Gasteiger partial charge is 0.356 e. The van der Waals surface area contributed by atoms with Crippen molar-refractivity contribution in [1.82, 2.24) is 15.5 Å². The van der Waals surface area contributed by atoms with E-state index in [-0.39, 0.29) is 41.8 Å². The summed E-state index contributed by atoms with van der Waals surface area (Å²) in [5, 5.41) is 7.29. The first-order chi connectivity index (χ1) is 14.0. The molecule has 8 heteroatoms. The van der Waals surface area contributed by atoms with Crippen molar-refractivity contribution >= 4 is 53.4 Å². The summed E-state index contributed by atoms with van der Waals surface area (Å²) in [6.45, 7) is 3.12. The van der Waals surface area contributed by atoms with Crippen LogP contribution in [0.15, 0.2) is 53.5 Å². The summed E-state index contributed by atoms with van der Waals surface area (Å²) in [4.78, 5) is 30.3. The molecule has 2 amide bonds. The van der Waals surface area contributed by atoms with Crippen LogP contribution in [0.25, 0.3) is 0 Å². The first kappa shape index (κ1) is 24.1. The number of guanidine groups is 1. The van der Waals surface area contributed by atoms with Gasteiger partial charge in [0, 0.05) is 25.2 Å². The Bertz CT molecular complexity index is 900. The third kappa shape index (κ3) is 5.51. The number of aliphatic imine (C=N–C) groups is 1. The number of carbonyl (C=O) groups excluding carboxylic acids is 2.